The zero-order valence-corrected chi connectivity index (χ0v) is 11.0. The number of carbonyl (C=O) groups excluding carboxylic acids is 1. The van der Waals surface area contributed by atoms with Crippen molar-refractivity contribution in [3.05, 3.63) is 35.9 Å². The second-order valence-corrected chi connectivity index (χ2v) is 4.46. The highest BCUT2D eigenvalue weighted by Crippen LogP contribution is 2.06. The van der Waals surface area contributed by atoms with Crippen molar-refractivity contribution in [2.45, 2.75) is 19.9 Å². The second kappa shape index (κ2) is 7.07. The zero-order chi connectivity index (χ0) is 12.7. The van der Waals surface area contributed by atoms with Gasteiger partial charge in [-0.2, -0.15) is 0 Å². The molecule has 0 fully saturated rings. The van der Waals surface area contributed by atoms with Gasteiger partial charge in [-0.05, 0) is 19.7 Å². The van der Waals surface area contributed by atoms with Crippen molar-refractivity contribution in [1.82, 2.24) is 9.80 Å². The first-order valence-corrected chi connectivity index (χ1v) is 6.10. The topological polar surface area (TPSA) is 23.6 Å². The van der Waals surface area contributed by atoms with E-state index in [-0.39, 0.29) is 5.91 Å². The summed E-state index contributed by atoms with van der Waals surface area (Å²) in [5.41, 5.74) is 1.19. The van der Waals surface area contributed by atoms with Crippen molar-refractivity contribution < 1.29 is 4.79 Å². The molecule has 3 heteroatoms. The maximum Gasteiger partial charge on any atom is 0.222 e. The summed E-state index contributed by atoms with van der Waals surface area (Å²) in [5, 5.41) is 0. The molecule has 0 spiro atoms. The van der Waals surface area contributed by atoms with E-state index in [2.05, 4.69) is 17.0 Å². The normalized spacial score (nSPS) is 10.6. The van der Waals surface area contributed by atoms with E-state index in [0.29, 0.717) is 13.0 Å². The molecule has 0 aliphatic carbocycles. The Bertz CT molecular complexity index is 335. The van der Waals surface area contributed by atoms with Gasteiger partial charge in [-0.3, -0.25) is 4.79 Å². The average molecular weight is 234 g/mol. The molecule has 3 nitrogen and oxygen atoms in total. The third kappa shape index (κ3) is 5.00. The summed E-state index contributed by atoms with van der Waals surface area (Å²) in [7, 11) is 4.05. The number of benzene rings is 1. The van der Waals surface area contributed by atoms with Crippen molar-refractivity contribution in [2.24, 2.45) is 0 Å². The van der Waals surface area contributed by atoms with Crippen LogP contribution in [-0.4, -0.2) is 42.9 Å². The van der Waals surface area contributed by atoms with Crippen LogP contribution in [0.25, 0.3) is 0 Å². The number of nitrogens with zero attached hydrogens (tertiary/aromatic N) is 2. The summed E-state index contributed by atoms with van der Waals surface area (Å²) < 4.78 is 0. The third-order valence-corrected chi connectivity index (χ3v) is 2.69. The smallest absolute Gasteiger partial charge is 0.222 e. The average Bonchev–Trinajstić information content (AvgIpc) is 2.34. The molecule has 0 atom stereocenters. The van der Waals surface area contributed by atoms with Gasteiger partial charge in [0.15, 0.2) is 0 Å². The van der Waals surface area contributed by atoms with Gasteiger partial charge in [0.25, 0.3) is 0 Å². The number of carbonyl (C=O) groups is 1. The van der Waals surface area contributed by atoms with Crippen molar-refractivity contribution in [3.8, 4) is 0 Å². The zero-order valence-electron chi connectivity index (χ0n) is 11.0. The fraction of sp³-hybridized carbons (Fsp3) is 0.500. The summed E-state index contributed by atoms with van der Waals surface area (Å²) in [4.78, 5) is 15.9. The maximum absolute atomic E-state index is 11.8. The predicted molar refractivity (Wildman–Crippen MR) is 70.7 cm³/mol. The fourth-order valence-corrected chi connectivity index (χ4v) is 1.64. The third-order valence-electron chi connectivity index (χ3n) is 2.69. The molecule has 1 amide bonds. The molecule has 0 saturated carbocycles. The number of rotatable bonds is 6. The maximum atomic E-state index is 11.8. The summed E-state index contributed by atoms with van der Waals surface area (Å²) in [6.07, 6.45) is 0.570. The molecule has 94 valence electrons. The van der Waals surface area contributed by atoms with Crippen molar-refractivity contribution >= 4 is 5.91 Å². The Hall–Kier alpha value is -1.35. The molecule has 0 aliphatic heterocycles. The SMILES string of the molecule is CCC(=O)N(CCN(C)C)Cc1ccccc1. The quantitative estimate of drug-likeness (QED) is 0.751. The Balaban J connectivity index is 2.60. The molecule has 0 N–H and O–H groups in total. The Kier molecular flexibility index (Phi) is 5.70. The monoisotopic (exact) mass is 234 g/mol. The molecule has 1 rings (SSSR count). The summed E-state index contributed by atoms with van der Waals surface area (Å²) >= 11 is 0. The van der Waals surface area contributed by atoms with Gasteiger partial charge in [-0.25, -0.2) is 0 Å². The molecular weight excluding hydrogens is 212 g/mol. The highest BCUT2D eigenvalue weighted by Gasteiger charge is 2.11. The minimum Gasteiger partial charge on any atom is -0.337 e. The lowest BCUT2D eigenvalue weighted by Gasteiger charge is -2.24. The highest BCUT2D eigenvalue weighted by atomic mass is 16.2. The Morgan fingerprint density at radius 1 is 1.12 bits per heavy atom. The van der Waals surface area contributed by atoms with Gasteiger partial charge in [0.1, 0.15) is 0 Å². The first-order chi connectivity index (χ1) is 8.13. The van der Waals surface area contributed by atoms with Crippen LogP contribution in [0.3, 0.4) is 0 Å². The second-order valence-electron chi connectivity index (χ2n) is 4.46. The van der Waals surface area contributed by atoms with Gasteiger partial charge in [-0.1, -0.05) is 37.3 Å². The van der Waals surface area contributed by atoms with Crippen LogP contribution in [0.1, 0.15) is 18.9 Å². The molecule has 0 bridgehead atoms. The molecule has 0 unspecified atom stereocenters. The van der Waals surface area contributed by atoms with E-state index in [4.69, 9.17) is 0 Å². The number of hydrogen-bond acceptors (Lipinski definition) is 2. The molecule has 0 radical (unpaired) electrons. The largest absolute Gasteiger partial charge is 0.337 e. The number of likely N-dealkylation sites (N-methyl/N-ethyl adjacent to an activating group) is 1. The number of hydrogen-bond donors (Lipinski definition) is 0. The van der Waals surface area contributed by atoms with Crippen molar-refractivity contribution in [2.75, 3.05) is 27.2 Å². The predicted octanol–water partition coefficient (Wildman–Crippen LogP) is 1.99. The molecule has 0 aliphatic rings. The lowest BCUT2D eigenvalue weighted by atomic mass is 10.2. The summed E-state index contributed by atoms with van der Waals surface area (Å²) in [6, 6.07) is 10.1. The van der Waals surface area contributed by atoms with Crippen LogP contribution >= 0.6 is 0 Å². The standard InChI is InChI=1S/C14H22N2O/c1-4-14(17)16(11-10-15(2)3)12-13-8-6-5-7-9-13/h5-9H,4,10-12H2,1-3H3. The summed E-state index contributed by atoms with van der Waals surface area (Å²) in [5.74, 6) is 0.218. The molecular formula is C14H22N2O. The van der Waals surface area contributed by atoms with Crippen LogP contribution in [0.4, 0.5) is 0 Å². The molecule has 1 aromatic carbocycles. The van der Waals surface area contributed by atoms with Gasteiger partial charge in [0.2, 0.25) is 5.91 Å². The molecule has 17 heavy (non-hydrogen) atoms. The van der Waals surface area contributed by atoms with Crippen LogP contribution in [0.2, 0.25) is 0 Å². The fourth-order valence-electron chi connectivity index (χ4n) is 1.64. The first-order valence-electron chi connectivity index (χ1n) is 6.10. The molecule has 1 aromatic rings. The Morgan fingerprint density at radius 2 is 1.76 bits per heavy atom. The van der Waals surface area contributed by atoms with Gasteiger partial charge in [0, 0.05) is 26.1 Å². The van der Waals surface area contributed by atoms with E-state index in [1.165, 1.54) is 5.56 Å². The van der Waals surface area contributed by atoms with E-state index in [1.54, 1.807) is 0 Å². The molecule has 0 heterocycles. The summed E-state index contributed by atoms with van der Waals surface area (Å²) in [6.45, 7) is 4.31. The van der Waals surface area contributed by atoms with E-state index in [0.717, 1.165) is 13.1 Å². The van der Waals surface area contributed by atoms with Gasteiger partial charge >= 0.3 is 0 Å². The Labute approximate surface area is 104 Å². The van der Waals surface area contributed by atoms with Gasteiger partial charge < -0.3 is 9.80 Å². The minimum atomic E-state index is 0.218. The molecule has 0 aromatic heterocycles. The molecule has 0 saturated heterocycles. The first kappa shape index (κ1) is 13.7. The number of amides is 1. The van der Waals surface area contributed by atoms with Crippen LogP contribution in [-0.2, 0) is 11.3 Å². The Morgan fingerprint density at radius 3 is 2.29 bits per heavy atom. The van der Waals surface area contributed by atoms with E-state index < -0.39 is 0 Å². The van der Waals surface area contributed by atoms with Gasteiger partial charge in [-0.15, -0.1) is 0 Å². The van der Waals surface area contributed by atoms with E-state index >= 15 is 0 Å². The van der Waals surface area contributed by atoms with E-state index in [9.17, 15) is 4.79 Å². The van der Waals surface area contributed by atoms with Crippen LogP contribution in [0, 0.1) is 0 Å². The van der Waals surface area contributed by atoms with Crippen molar-refractivity contribution in [1.29, 1.82) is 0 Å². The minimum absolute atomic E-state index is 0.218. The van der Waals surface area contributed by atoms with Crippen molar-refractivity contribution in [3.63, 3.8) is 0 Å². The van der Waals surface area contributed by atoms with Crippen LogP contribution in [0.5, 0.6) is 0 Å². The highest BCUT2D eigenvalue weighted by molar-refractivity contribution is 5.75. The van der Waals surface area contributed by atoms with Crippen LogP contribution < -0.4 is 0 Å². The van der Waals surface area contributed by atoms with Crippen LogP contribution in [0.15, 0.2) is 30.3 Å². The van der Waals surface area contributed by atoms with Gasteiger partial charge in [0.05, 0.1) is 0 Å². The lowest BCUT2D eigenvalue weighted by Crippen LogP contribution is -2.35. The lowest BCUT2D eigenvalue weighted by molar-refractivity contribution is -0.131. The van der Waals surface area contributed by atoms with E-state index in [1.807, 2.05) is 44.1 Å².